The van der Waals surface area contributed by atoms with Crippen molar-refractivity contribution in [3.05, 3.63) is 29.8 Å². The van der Waals surface area contributed by atoms with E-state index in [1.165, 1.54) is 0 Å². The van der Waals surface area contributed by atoms with Gasteiger partial charge in [0.2, 0.25) is 0 Å². The molecule has 2 atom stereocenters. The van der Waals surface area contributed by atoms with Gasteiger partial charge in [-0.15, -0.1) is 0 Å². The van der Waals surface area contributed by atoms with Gasteiger partial charge in [-0.1, -0.05) is 12.1 Å². The Kier molecular flexibility index (Phi) is 5.87. The Bertz CT molecular complexity index is 447. The van der Waals surface area contributed by atoms with Crippen LogP contribution in [0.1, 0.15) is 31.2 Å². The van der Waals surface area contributed by atoms with Crippen LogP contribution in [0.5, 0.6) is 5.75 Å². The van der Waals surface area contributed by atoms with E-state index in [0.29, 0.717) is 13.0 Å². The Hall–Kier alpha value is -1.75. The molecule has 0 unspecified atom stereocenters. The lowest BCUT2D eigenvalue weighted by Gasteiger charge is -2.26. The van der Waals surface area contributed by atoms with Crippen molar-refractivity contribution in [2.45, 2.75) is 44.2 Å². The molecule has 116 valence electrons. The van der Waals surface area contributed by atoms with Gasteiger partial charge in [0.05, 0.1) is 13.2 Å². The molecule has 0 spiro atoms. The number of ether oxygens (including phenoxy) is 1. The zero-order valence-corrected chi connectivity index (χ0v) is 12.5. The van der Waals surface area contributed by atoms with Gasteiger partial charge in [-0.25, -0.2) is 4.79 Å². The highest BCUT2D eigenvalue weighted by atomic mass is 16.5. The average molecular weight is 292 g/mol. The summed E-state index contributed by atoms with van der Waals surface area (Å²) in [5.74, 6) is 0.834. The van der Waals surface area contributed by atoms with E-state index in [0.717, 1.165) is 37.0 Å². The molecule has 0 radical (unpaired) electrons. The van der Waals surface area contributed by atoms with Crippen LogP contribution in [-0.2, 0) is 6.42 Å². The number of rotatable bonds is 5. The SMILES string of the molecule is COc1ccc(CCNC(=O)N[C@@H]2CCC[C@@H](O)C2)cc1. The van der Waals surface area contributed by atoms with Crippen molar-refractivity contribution in [2.75, 3.05) is 13.7 Å². The molecule has 5 nitrogen and oxygen atoms in total. The van der Waals surface area contributed by atoms with Crippen LogP contribution in [0.2, 0.25) is 0 Å². The molecule has 3 N–H and O–H groups in total. The first-order chi connectivity index (χ1) is 10.2. The molecule has 0 bridgehead atoms. The highest BCUT2D eigenvalue weighted by molar-refractivity contribution is 5.74. The number of nitrogens with one attached hydrogen (secondary N) is 2. The Morgan fingerprint density at radius 3 is 2.76 bits per heavy atom. The summed E-state index contributed by atoms with van der Waals surface area (Å²) >= 11 is 0. The fraction of sp³-hybridized carbons (Fsp3) is 0.562. The number of aliphatic hydroxyl groups excluding tert-OH is 1. The summed E-state index contributed by atoms with van der Waals surface area (Å²) < 4.78 is 5.10. The summed E-state index contributed by atoms with van der Waals surface area (Å²) in [5, 5.41) is 15.4. The molecule has 1 aliphatic carbocycles. The first-order valence-corrected chi connectivity index (χ1v) is 7.52. The quantitative estimate of drug-likeness (QED) is 0.775. The van der Waals surface area contributed by atoms with Crippen LogP contribution in [0.15, 0.2) is 24.3 Å². The van der Waals surface area contributed by atoms with Crippen molar-refractivity contribution in [3.63, 3.8) is 0 Å². The van der Waals surface area contributed by atoms with Gasteiger partial charge in [-0.2, -0.15) is 0 Å². The summed E-state index contributed by atoms with van der Waals surface area (Å²) in [6, 6.07) is 7.76. The highest BCUT2D eigenvalue weighted by Crippen LogP contribution is 2.18. The molecule has 0 saturated heterocycles. The van der Waals surface area contributed by atoms with Crippen molar-refractivity contribution in [2.24, 2.45) is 0 Å². The number of carbonyl (C=O) groups excluding carboxylic acids is 1. The molecule has 0 aliphatic heterocycles. The molecule has 2 amide bonds. The molecule has 21 heavy (non-hydrogen) atoms. The number of amides is 2. The normalized spacial score (nSPS) is 21.6. The molecule has 5 heteroatoms. The molecule has 2 rings (SSSR count). The monoisotopic (exact) mass is 292 g/mol. The maximum atomic E-state index is 11.8. The lowest BCUT2D eigenvalue weighted by atomic mass is 9.93. The van der Waals surface area contributed by atoms with E-state index < -0.39 is 0 Å². The first kappa shape index (κ1) is 15.6. The summed E-state index contributed by atoms with van der Waals surface area (Å²) in [6.07, 6.45) is 3.93. The van der Waals surface area contributed by atoms with Gasteiger partial charge in [0.15, 0.2) is 0 Å². The molecule has 1 saturated carbocycles. The van der Waals surface area contributed by atoms with E-state index in [-0.39, 0.29) is 18.2 Å². The number of carbonyl (C=O) groups is 1. The van der Waals surface area contributed by atoms with Gasteiger partial charge in [0.1, 0.15) is 5.75 Å². The van der Waals surface area contributed by atoms with Crippen molar-refractivity contribution < 1.29 is 14.6 Å². The lowest BCUT2D eigenvalue weighted by molar-refractivity contribution is 0.113. The second-order valence-corrected chi connectivity index (χ2v) is 5.52. The van der Waals surface area contributed by atoms with Crippen LogP contribution in [0, 0.1) is 0 Å². The Labute approximate surface area is 125 Å². The highest BCUT2D eigenvalue weighted by Gasteiger charge is 2.21. The summed E-state index contributed by atoms with van der Waals surface area (Å²) in [4.78, 5) is 11.8. The molecule has 1 aromatic carbocycles. The minimum absolute atomic E-state index is 0.0923. The zero-order chi connectivity index (χ0) is 15.1. The molecule has 1 aliphatic rings. The first-order valence-electron chi connectivity index (χ1n) is 7.52. The van der Waals surface area contributed by atoms with E-state index in [4.69, 9.17) is 4.74 Å². The number of urea groups is 1. The van der Waals surface area contributed by atoms with Gasteiger partial charge in [-0.05, 0) is 49.8 Å². The average Bonchev–Trinajstić information content (AvgIpc) is 2.48. The summed E-state index contributed by atoms with van der Waals surface area (Å²) in [5.41, 5.74) is 1.16. The number of benzene rings is 1. The minimum Gasteiger partial charge on any atom is -0.497 e. The Morgan fingerprint density at radius 2 is 2.10 bits per heavy atom. The second kappa shape index (κ2) is 7.88. The van der Waals surface area contributed by atoms with E-state index in [1.807, 2.05) is 24.3 Å². The van der Waals surface area contributed by atoms with E-state index >= 15 is 0 Å². The van der Waals surface area contributed by atoms with Gasteiger partial charge in [0.25, 0.3) is 0 Å². The third-order valence-corrected chi connectivity index (χ3v) is 3.84. The molecule has 0 heterocycles. The fourth-order valence-corrected chi connectivity index (χ4v) is 2.64. The van der Waals surface area contributed by atoms with Crippen molar-refractivity contribution in [1.82, 2.24) is 10.6 Å². The van der Waals surface area contributed by atoms with E-state index in [9.17, 15) is 9.90 Å². The largest absolute Gasteiger partial charge is 0.497 e. The third kappa shape index (κ3) is 5.27. The lowest BCUT2D eigenvalue weighted by Crippen LogP contribution is -2.45. The fourth-order valence-electron chi connectivity index (χ4n) is 2.64. The van der Waals surface area contributed by atoms with Crippen LogP contribution < -0.4 is 15.4 Å². The van der Waals surface area contributed by atoms with Crippen LogP contribution in [0.25, 0.3) is 0 Å². The van der Waals surface area contributed by atoms with Crippen LogP contribution in [-0.4, -0.2) is 36.9 Å². The van der Waals surface area contributed by atoms with E-state index in [2.05, 4.69) is 10.6 Å². The number of hydrogen-bond acceptors (Lipinski definition) is 3. The molecular formula is C16H24N2O3. The Balaban J connectivity index is 1.66. The van der Waals surface area contributed by atoms with Crippen molar-refractivity contribution >= 4 is 6.03 Å². The number of methoxy groups -OCH3 is 1. The number of aliphatic hydroxyl groups is 1. The van der Waals surface area contributed by atoms with Crippen molar-refractivity contribution in [1.29, 1.82) is 0 Å². The van der Waals surface area contributed by atoms with Gasteiger partial charge < -0.3 is 20.5 Å². The summed E-state index contributed by atoms with van der Waals surface area (Å²) in [7, 11) is 1.64. The maximum Gasteiger partial charge on any atom is 0.315 e. The predicted octanol–water partition coefficient (Wildman–Crippen LogP) is 1.84. The maximum absolute atomic E-state index is 11.8. The summed E-state index contributed by atoms with van der Waals surface area (Å²) in [6.45, 7) is 0.591. The minimum atomic E-state index is -0.275. The van der Waals surface area contributed by atoms with Crippen LogP contribution in [0.4, 0.5) is 4.79 Å². The molecule has 0 aromatic heterocycles. The van der Waals surface area contributed by atoms with Gasteiger partial charge >= 0.3 is 6.03 Å². The van der Waals surface area contributed by atoms with Gasteiger partial charge in [-0.3, -0.25) is 0 Å². The van der Waals surface area contributed by atoms with E-state index in [1.54, 1.807) is 7.11 Å². The molecule has 1 fully saturated rings. The zero-order valence-electron chi connectivity index (χ0n) is 12.5. The standard InChI is InChI=1S/C16H24N2O3/c1-21-15-7-5-12(6-8-15)9-10-17-16(20)18-13-3-2-4-14(19)11-13/h5-8,13-14,19H,2-4,9-11H2,1H3,(H2,17,18,20)/t13-,14-/m1/s1. The number of hydrogen-bond donors (Lipinski definition) is 3. The Morgan fingerprint density at radius 1 is 1.33 bits per heavy atom. The van der Waals surface area contributed by atoms with Crippen LogP contribution >= 0.6 is 0 Å². The van der Waals surface area contributed by atoms with Gasteiger partial charge in [0, 0.05) is 12.6 Å². The van der Waals surface area contributed by atoms with Crippen molar-refractivity contribution in [3.8, 4) is 5.75 Å². The molecule has 1 aromatic rings. The third-order valence-electron chi connectivity index (χ3n) is 3.84. The predicted molar refractivity (Wildman–Crippen MR) is 81.5 cm³/mol. The second-order valence-electron chi connectivity index (χ2n) is 5.52. The topological polar surface area (TPSA) is 70.6 Å². The molecular weight excluding hydrogens is 268 g/mol. The smallest absolute Gasteiger partial charge is 0.315 e. The van der Waals surface area contributed by atoms with Crippen LogP contribution in [0.3, 0.4) is 0 Å².